The molecule has 534 valence electrons. The van der Waals surface area contributed by atoms with Crippen LogP contribution in [-0.2, 0) is 9.53 Å². The zero-order chi connectivity index (χ0) is 65.1. The van der Waals surface area contributed by atoms with Gasteiger partial charge in [0.1, 0.15) is 6.61 Å². The first-order valence-electron chi connectivity index (χ1n) is 39.5. The highest BCUT2D eigenvalue weighted by Gasteiger charge is 2.20. The third kappa shape index (κ3) is 62.2. The standard InChI is InChI=1S/C78H154N4O6S2/c1-5-9-13-17-21-25-27-29-31-33-35-39-43-48-56-76(85)72-82(73-77(86)57-49-44-40-36-34-32-30-28-26-22-18-14-10-6-2)61-53-69-90-89-68-51-45-50-59-79-62-64-80(65-63-79)66-67-88-78(87)58-52-60-81(70-74(83)54-46-41-37-23-19-15-11-7-3)71-75(84)55-47-42-38-24-20-16-12-8-4/h29-32,74-77,83-86H,5-28,33-73H2,1-4H3/b31-29-,32-30-. The molecule has 1 heterocycles. The van der Waals surface area contributed by atoms with Gasteiger partial charge < -0.3 is 30.1 Å². The Balaban J connectivity index is 2.35. The molecule has 0 radical (unpaired) electrons. The van der Waals surface area contributed by atoms with Crippen LogP contribution in [0.5, 0.6) is 0 Å². The molecule has 0 saturated carbocycles. The van der Waals surface area contributed by atoms with Gasteiger partial charge >= 0.3 is 5.97 Å². The summed E-state index contributed by atoms with van der Waals surface area (Å²) in [5, 5.41) is 44.4. The molecule has 0 aliphatic carbocycles. The Bertz CT molecular complexity index is 1430. The second-order valence-electron chi connectivity index (χ2n) is 27.8. The minimum absolute atomic E-state index is 0.138. The van der Waals surface area contributed by atoms with Gasteiger partial charge in [-0.15, -0.1) is 0 Å². The van der Waals surface area contributed by atoms with Crippen LogP contribution in [0.2, 0.25) is 0 Å². The molecule has 90 heavy (non-hydrogen) atoms. The third-order valence-corrected chi connectivity index (χ3v) is 21.3. The van der Waals surface area contributed by atoms with Crippen LogP contribution in [-0.4, -0.2) is 167 Å². The van der Waals surface area contributed by atoms with Gasteiger partial charge in [-0.3, -0.25) is 19.5 Å². The minimum Gasteiger partial charge on any atom is -0.464 e. The van der Waals surface area contributed by atoms with Crippen molar-refractivity contribution in [3.63, 3.8) is 0 Å². The molecule has 0 aromatic rings. The van der Waals surface area contributed by atoms with Crippen molar-refractivity contribution in [2.45, 2.75) is 373 Å². The lowest BCUT2D eigenvalue weighted by atomic mass is 10.0. The topological polar surface area (TPSA) is 120 Å². The number of hydrogen-bond donors (Lipinski definition) is 4. The molecule has 1 aliphatic rings. The maximum atomic E-state index is 12.9. The van der Waals surface area contributed by atoms with Crippen molar-refractivity contribution in [3.05, 3.63) is 24.3 Å². The van der Waals surface area contributed by atoms with Crippen LogP contribution in [0.3, 0.4) is 0 Å². The number of nitrogens with zero attached hydrogens (tertiary/aromatic N) is 4. The molecule has 0 bridgehead atoms. The van der Waals surface area contributed by atoms with Crippen molar-refractivity contribution < 1.29 is 30.0 Å². The van der Waals surface area contributed by atoms with E-state index in [0.717, 1.165) is 109 Å². The quantitative estimate of drug-likeness (QED) is 0.0201. The monoisotopic (exact) mass is 1310 g/mol. The van der Waals surface area contributed by atoms with Crippen LogP contribution in [0, 0.1) is 0 Å². The number of carbonyl (C=O) groups is 1. The molecule has 4 unspecified atom stereocenters. The summed E-state index contributed by atoms with van der Waals surface area (Å²) in [6, 6.07) is 0. The summed E-state index contributed by atoms with van der Waals surface area (Å²) < 4.78 is 5.74. The van der Waals surface area contributed by atoms with E-state index < -0.39 is 12.2 Å². The van der Waals surface area contributed by atoms with Crippen LogP contribution >= 0.6 is 21.6 Å². The van der Waals surface area contributed by atoms with Crippen molar-refractivity contribution in [3.8, 4) is 0 Å². The summed E-state index contributed by atoms with van der Waals surface area (Å²) in [7, 11) is 4.01. The van der Waals surface area contributed by atoms with E-state index in [1.54, 1.807) is 0 Å². The van der Waals surface area contributed by atoms with E-state index in [1.165, 1.54) is 256 Å². The van der Waals surface area contributed by atoms with E-state index in [0.29, 0.717) is 52.2 Å². The van der Waals surface area contributed by atoms with Gasteiger partial charge in [-0.05, 0) is 122 Å². The average molecular weight is 1310 g/mol. The zero-order valence-corrected chi connectivity index (χ0v) is 61.9. The molecular formula is C78H154N4O6S2. The lowest BCUT2D eigenvalue weighted by Gasteiger charge is -2.34. The summed E-state index contributed by atoms with van der Waals surface area (Å²) in [5.74, 6) is 2.15. The smallest absolute Gasteiger partial charge is 0.305 e. The van der Waals surface area contributed by atoms with Gasteiger partial charge in [0.05, 0.1) is 24.4 Å². The van der Waals surface area contributed by atoms with Crippen LogP contribution in [0.1, 0.15) is 349 Å². The number of esters is 1. The highest BCUT2D eigenvalue weighted by molar-refractivity contribution is 8.76. The average Bonchev–Trinajstić information content (AvgIpc) is 3.67. The van der Waals surface area contributed by atoms with Crippen molar-refractivity contribution in [2.24, 2.45) is 0 Å². The van der Waals surface area contributed by atoms with E-state index in [9.17, 15) is 25.2 Å². The highest BCUT2D eigenvalue weighted by Crippen LogP contribution is 2.25. The number of ether oxygens (including phenoxy) is 1. The molecule has 1 fully saturated rings. The third-order valence-electron chi connectivity index (χ3n) is 18.7. The van der Waals surface area contributed by atoms with Crippen molar-refractivity contribution in [1.82, 2.24) is 19.6 Å². The van der Waals surface area contributed by atoms with Gasteiger partial charge in [0, 0.05) is 76.8 Å². The molecule has 4 atom stereocenters. The van der Waals surface area contributed by atoms with Gasteiger partial charge in [0.15, 0.2) is 0 Å². The second kappa shape index (κ2) is 69.7. The van der Waals surface area contributed by atoms with Crippen LogP contribution in [0.4, 0.5) is 0 Å². The minimum atomic E-state index is -0.402. The number of hydrogen-bond acceptors (Lipinski definition) is 12. The summed E-state index contributed by atoms with van der Waals surface area (Å²) >= 11 is 0. The first-order chi connectivity index (χ1) is 44.2. The number of allylic oxidation sites excluding steroid dienone is 4. The maximum Gasteiger partial charge on any atom is 0.305 e. The summed E-state index contributed by atoms with van der Waals surface area (Å²) in [5.41, 5.74) is 0. The summed E-state index contributed by atoms with van der Waals surface area (Å²) in [4.78, 5) is 22.5. The van der Waals surface area contributed by atoms with E-state index in [1.807, 2.05) is 21.6 Å². The fourth-order valence-electron chi connectivity index (χ4n) is 12.8. The van der Waals surface area contributed by atoms with Crippen LogP contribution < -0.4 is 0 Å². The predicted octanol–water partition coefficient (Wildman–Crippen LogP) is 20.3. The molecule has 0 aromatic heterocycles. The Kier molecular flexibility index (Phi) is 67.6. The number of piperazine rings is 1. The molecule has 0 aromatic carbocycles. The van der Waals surface area contributed by atoms with Gasteiger partial charge in [-0.1, -0.05) is 285 Å². The Morgan fingerprint density at radius 3 is 1.01 bits per heavy atom. The first kappa shape index (κ1) is 87.3. The lowest BCUT2D eigenvalue weighted by Crippen LogP contribution is -2.47. The fourth-order valence-corrected chi connectivity index (χ4v) is 15.0. The Morgan fingerprint density at radius 2 is 0.656 bits per heavy atom. The lowest BCUT2D eigenvalue weighted by molar-refractivity contribution is -0.144. The number of aliphatic hydroxyl groups excluding tert-OH is 4. The van der Waals surface area contributed by atoms with Crippen LogP contribution in [0.15, 0.2) is 24.3 Å². The Labute approximate surface area is 568 Å². The summed E-state index contributed by atoms with van der Waals surface area (Å²) in [6.07, 6.45) is 68.1. The number of unbranched alkanes of at least 4 members (excludes halogenated alkanes) is 36. The van der Waals surface area contributed by atoms with Gasteiger partial charge in [-0.2, -0.15) is 0 Å². The highest BCUT2D eigenvalue weighted by atomic mass is 33.1. The number of aliphatic hydroxyl groups is 4. The van der Waals surface area contributed by atoms with Crippen molar-refractivity contribution >= 4 is 27.6 Å². The molecule has 0 spiro atoms. The molecule has 0 amide bonds. The first-order valence-corrected chi connectivity index (χ1v) is 42.0. The van der Waals surface area contributed by atoms with E-state index >= 15 is 0 Å². The van der Waals surface area contributed by atoms with Gasteiger partial charge in [0.2, 0.25) is 0 Å². The second-order valence-corrected chi connectivity index (χ2v) is 30.5. The van der Waals surface area contributed by atoms with E-state index in [-0.39, 0.29) is 18.2 Å². The maximum absolute atomic E-state index is 12.9. The van der Waals surface area contributed by atoms with Gasteiger partial charge in [-0.25, -0.2) is 0 Å². The van der Waals surface area contributed by atoms with Crippen molar-refractivity contribution in [2.75, 3.05) is 96.6 Å². The van der Waals surface area contributed by atoms with E-state index in [4.69, 9.17) is 4.74 Å². The Morgan fingerprint density at radius 1 is 0.367 bits per heavy atom. The molecule has 1 aliphatic heterocycles. The zero-order valence-electron chi connectivity index (χ0n) is 60.3. The Hall–Kier alpha value is -0.670. The largest absolute Gasteiger partial charge is 0.464 e. The molecule has 4 N–H and O–H groups in total. The SMILES string of the molecule is CCCCCCCC/C=C\CCCCCCC(O)CN(CCCSSCCCCCN1CCN(CCOC(=O)CCCN(CC(O)CCCCCCCCCC)CC(O)CCCCCCCCCC)CC1)CC(O)CCCCCC/C=C\CCCCCCCC. The number of rotatable bonds is 72. The molecule has 10 nitrogen and oxygen atoms in total. The fraction of sp³-hybridized carbons (Fsp3) is 0.936. The molecule has 1 saturated heterocycles. The molecule has 1 rings (SSSR count). The van der Waals surface area contributed by atoms with Gasteiger partial charge in [0.25, 0.3) is 0 Å². The van der Waals surface area contributed by atoms with E-state index in [2.05, 4.69) is 71.6 Å². The van der Waals surface area contributed by atoms with Crippen LogP contribution in [0.25, 0.3) is 0 Å². The normalized spacial score (nSPS) is 15.0. The van der Waals surface area contributed by atoms with Crippen molar-refractivity contribution in [1.29, 1.82) is 0 Å². The number of carbonyl (C=O) groups excluding carboxylic acids is 1. The molecular weight excluding hydrogens is 1150 g/mol. The molecule has 12 heteroatoms. The predicted molar refractivity (Wildman–Crippen MR) is 397 cm³/mol. The summed E-state index contributed by atoms with van der Waals surface area (Å²) in [6.45, 7) is 19.7.